The van der Waals surface area contributed by atoms with Crippen molar-refractivity contribution in [3.63, 3.8) is 0 Å². The number of rotatable bonds is 1. The minimum atomic E-state index is -0.275. The van der Waals surface area contributed by atoms with Crippen LogP contribution >= 0.6 is 0 Å². The lowest BCUT2D eigenvalue weighted by Crippen LogP contribution is -2.33. The molecule has 0 fully saturated rings. The standard InChI is InChI=1S/C18H15NO2/c1-12(20)19(13(2)21)18-9-5-8-16-10-14-6-3-4-7-15(14)11-17(16)18/h3-11H,1-2H3. The second kappa shape index (κ2) is 5.02. The van der Waals surface area contributed by atoms with Crippen LogP contribution in [0, 0.1) is 0 Å². The van der Waals surface area contributed by atoms with Crippen molar-refractivity contribution < 1.29 is 9.59 Å². The van der Waals surface area contributed by atoms with E-state index in [4.69, 9.17) is 0 Å². The van der Waals surface area contributed by atoms with Crippen molar-refractivity contribution in [1.29, 1.82) is 0 Å². The van der Waals surface area contributed by atoms with Crippen LogP contribution in [0.5, 0.6) is 0 Å². The van der Waals surface area contributed by atoms with Gasteiger partial charge in [-0.1, -0.05) is 36.4 Å². The summed E-state index contributed by atoms with van der Waals surface area (Å²) < 4.78 is 0. The van der Waals surface area contributed by atoms with Crippen molar-refractivity contribution in [3.8, 4) is 0 Å². The molecule has 0 aliphatic heterocycles. The van der Waals surface area contributed by atoms with Crippen molar-refractivity contribution in [2.75, 3.05) is 4.90 Å². The van der Waals surface area contributed by atoms with Crippen LogP contribution in [0.25, 0.3) is 21.5 Å². The summed E-state index contributed by atoms with van der Waals surface area (Å²) in [5.74, 6) is -0.550. The lowest BCUT2D eigenvalue weighted by Gasteiger charge is -2.19. The van der Waals surface area contributed by atoms with Crippen LogP contribution in [0.15, 0.2) is 54.6 Å². The number of carbonyl (C=O) groups is 2. The van der Waals surface area contributed by atoms with Gasteiger partial charge in [-0.2, -0.15) is 0 Å². The zero-order valence-corrected chi connectivity index (χ0v) is 12.0. The van der Waals surface area contributed by atoms with Gasteiger partial charge in [0.2, 0.25) is 11.8 Å². The highest BCUT2D eigenvalue weighted by atomic mass is 16.2. The highest BCUT2D eigenvalue weighted by Crippen LogP contribution is 2.31. The van der Waals surface area contributed by atoms with Gasteiger partial charge in [0.05, 0.1) is 5.69 Å². The Labute approximate surface area is 122 Å². The quantitative estimate of drug-likeness (QED) is 0.633. The van der Waals surface area contributed by atoms with Crippen LogP contribution in [0.4, 0.5) is 5.69 Å². The van der Waals surface area contributed by atoms with Crippen LogP contribution in [0.3, 0.4) is 0 Å². The van der Waals surface area contributed by atoms with E-state index in [1.54, 1.807) is 6.07 Å². The smallest absolute Gasteiger partial charge is 0.230 e. The molecule has 3 heteroatoms. The second-order valence-corrected chi connectivity index (χ2v) is 5.07. The molecule has 0 aliphatic rings. The third kappa shape index (κ3) is 2.27. The highest BCUT2D eigenvalue weighted by molar-refractivity contribution is 6.18. The number of benzene rings is 3. The van der Waals surface area contributed by atoms with E-state index in [0.29, 0.717) is 5.69 Å². The topological polar surface area (TPSA) is 37.4 Å². The molecule has 0 N–H and O–H groups in total. The molecule has 0 unspecified atom stereocenters. The first-order valence-corrected chi connectivity index (χ1v) is 6.81. The molecule has 0 saturated carbocycles. The zero-order valence-electron chi connectivity index (χ0n) is 12.0. The molecule has 104 valence electrons. The summed E-state index contributed by atoms with van der Waals surface area (Å²) in [6.45, 7) is 2.81. The van der Waals surface area contributed by atoms with Crippen molar-refractivity contribution in [2.24, 2.45) is 0 Å². The monoisotopic (exact) mass is 277 g/mol. The van der Waals surface area contributed by atoms with E-state index >= 15 is 0 Å². The molecule has 0 atom stereocenters. The number of fused-ring (bicyclic) bond motifs is 2. The third-order valence-electron chi connectivity index (χ3n) is 3.59. The van der Waals surface area contributed by atoms with Gasteiger partial charge in [0.25, 0.3) is 0 Å². The SMILES string of the molecule is CC(=O)N(C(C)=O)c1cccc2cc3ccccc3cc12. The molecule has 3 aromatic rings. The van der Waals surface area contributed by atoms with E-state index in [0.717, 1.165) is 21.5 Å². The fourth-order valence-corrected chi connectivity index (χ4v) is 2.71. The molecular weight excluding hydrogens is 262 g/mol. The fourth-order valence-electron chi connectivity index (χ4n) is 2.71. The first kappa shape index (κ1) is 13.3. The zero-order chi connectivity index (χ0) is 15.0. The van der Waals surface area contributed by atoms with Gasteiger partial charge in [0.1, 0.15) is 0 Å². The van der Waals surface area contributed by atoms with Gasteiger partial charge in [-0.05, 0) is 34.4 Å². The summed E-state index contributed by atoms with van der Waals surface area (Å²) in [5, 5.41) is 4.14. The van der Waals surface area contributed by atoms with Crippen molar-refractivity contribution in [1.82, 2.24) is 0 Å². The van der Waals surface area contributed by atoms with Gasteiger partial charge in [-0.3, -0.25) is 14.5 Å². The van der Waals surface area contributed by atoms with E-state index in [9.17, 15) is 9.59 Å². The average Bonchev–Trinajstić information content (AvgIpc) is 2.45. The van der Waals surface area contributed by atoms with Crippen molar-refractivity contribution in [3.05, 3.63) is 54.6 Å². The van der Waals surface area contributed by atoms with Crippen LogP contribution in [0.1, 0.15) is 13.8 Å². The number of carbonyl (C=O) groups excluding carboxylic acids is 2. The third-order valence-corrected chi connectivity index (χ3v) is 3.59. The fraction of sp³-hybridized carbons (Fsp3) is 0.111. The summed E-state index contributed by atoms with van der Waals surface area (Å²) in [6, 6.07) is 17.8. The molecule has 0 saturated heterocycles. The van der Waals surface area contributed by atoms with Crippen LogP contribution in [-0.2, 0) is 9.59 Å². The largest absolute Gasteiger partial charge is 0.274 e. The number of anilines is 1. The number of nitrogens with zero attached hydrogens (tertiary/aromatic N) is 1. The summed E-state index contributed by atoms with van der Waals surface area (Å²) in [4.78, 5) is 24.8. The Morgan fingerprint density at radius 1 is 0.762 bits per heavy atom. The maximum atomic E-state index is 11.8. The minimum Gasteiger partial charge on any atom is -0.274 e. The molecular formula is C18H15NO2. The summed E-state index contributed by atoms with van der Waals surface area (Å²) in [5.41, 5.74) is 0.637. The number of hydrogen-bond donors (Lipinski definition) is 0. The molecule has 0 spiro atoms. The Balaban J connectivity index is 2.35. The van der Waals surface area contributed by atoms with Crippen LogP contribution in [0.2, 0.25) is 0 Å². The van der Waals surface area contributed by atoms with Gasteiger partial charge >= 0.3 is 0 Å². The molecule has 21 heavy (non-hydrogen) atoms. The Kier molecular flexibility index (Phi) is 3.18. The predicted octanol–water partition coefficient (Wildman–Crippen LogP) is 3.89. The molecule has 0 aromatic heterocycles. The normalized spacial score (nSPS) is 10.8. The van der Waals surface area contributed by atoms with E-state index in [1.807, 2.05) is 36.4 Å². The van der Waals surface area contributed by atoms with Gasteiger partial charge in [-0.15, -0.1) is 0 Å². The van der Waals surface area contributed by atoms with E-state index in [2.05, 4.69) is 12.1 Å². The predicted molar refractivity (Wildman–Crippen MR) is 85.3 cm³/mol. The second-order valence-electron chi connectivity index (χ2n) is 5.07. The summed E-state index contributed by atoms with van der Waals surface area (Å²) in [7, 11) is 0. The molecule has 0 bridgehead atoms. The first-order chi connectivity index (χ1) is 10.1. The summed E-state index contributed by atoms with van der Waals surface area (Å²) >= 11 is 0. The van der Waals surface area contributed by atoms with Crippen LogP contribution in [-0.4, -0.2) is 11.8 Å². The lowest BCUT2D eigenvalue weighted by atomic mass is 10.0. The molecule has 3 rings (SSSR count). The Bertz CT molecular complexity index is 853. The average molecular weight is 277 g/mol. The number of imide groups is 1. The Morgan fingerprint density at radius 2 is 1.33 bits per heavy atom. The first-order valence-electron chi connectivity index (χ1n) is 6.81. The van der Waals surface area contributed by atoms with Gasteiger partial charge in [0.15, 0.2) is 0 Å². The van der Waals surface area contributed by atoms with Gasteiger partial charge < -0.3 is 0 Å². The Morgan fingerprint density at radius 3 is 1.95 bits per heavy atom. The van der Waals surface area contributed by atoms with E-state index in [1.165, 1.54) is 18.7 Å². The molecule has 3 aromatic carbocycles. The van der Waals surface area contributed by atoms with Crippen molar-refractivity contribution >= 4 is 39.0 Å². The summed E-state index contributed by atoms with van der Waals surface area (Å²) in [6.07, 6.45) is 0. The van der Waals surface area contributed by atoms with E-state index < -0.39 is 0 Å². The minimum absolute atomic E-state index is 0.275. The molecule has 0 radical (unpaired) electrons. The van der Waals surface area contributed by atoms with E-state index in [-0.39, 0.29) is 11.8 Å². The lowest BCUT2D eigenvalue weighted by molar-refractivity contribution is -0.124. The molecule has 0 aliphatic carbocycles. The van der Waals surface area contributed by atoms with Crippen molar-refractivity contribution in [2.45, 2.75) is 13.8 Å². The highest BCUT2D eigenvalue weighted by Gasteiger charge is 2.18. The van der Waals surface area contributed by atoms with Crippen LogP contribution < -0.4 is 4.90 Å². The molecule has 0 heterocycles. The van der Waals surface area contributed by atoms with Gasteiger partial charge in [-0.25, -0.2) is 0 Å². The molecule has 3 nitrogen and oxygen atoms in total. The maximum Gasteiger partial charge on any atom is 0.230 e. The Hall–Kier alpha value is -2.68. The van der Waals surface area contributed by atoms with Gasteiger partial charge in [0, 0.05) is 19.2 Å². The number of amides is 2. The maximum absolute atomic E-state index is 11.8. The molecule has 2 amide bonds. The number of hydrogen-bond acceptors (Lipinski definition) is 2.